The van der Waals surface area contributed by atoms with Crippen LogP contribution >= 0.6 is 0 Å². The third-order valence-corrected chi connectivity index (χ3v) is 13.3. The second-order valence-corrected chi connectivity index (χ2v) is 18.0. The molecule has 43 heavy (non-hydrogen) atoms. The van der Waals surface area contributed by atoms with Crippen molar-refractivity contribution >= 4 is 30.4 Å². The highest BCUT2D eigenvalue weighted by Crippen LogP contribution is 2.44. The normalized spacial score (nSPS) is 19.5. The van der Waals surface area contributed by atoms with Gasteiger partial charge in [-0.15, -0.1) is 0 Å². The minimum Gasteiger partial charge on any atom is -0.401 e. The number of aromatic nitrogens is 3. The molecule has 7 nitrogen and oxygen atoms in total. The van der Waals surface area contributed by atoms with Crippen LogP contribution in [0.2, 0.25) is 5.04 Å². The van der Waals surface area contributed by atoms with Gasteiger partial charge in [-0.2, -0.15) is 5.10 Å². The van der Waals surface area contributed by atoms with Crippen LogP contribution in [0.5, 0.6) is 0 Å². The molecular formula is C34H43FN4O3Si. The average Bonchev–Trinajstić information content (AvgIpc) is 3.65. The highest BCUT2D eigenvalue weighted by atomic mass is 28.4. The van der Waals surface area contributed by atoms with E-state index >= 15 is 4.39 Å². The van der Waals surface area contributed by atoms with Crippen LogP contribution in [0.1, 0.15) is 77.5 Å². The number of amides is 1. The number of benzene rings is 2. The number of nitrogens with zero attached hydrogens (tertiary/aromatic N) is 3. The van der Waals surface area contributed by atoms with Gasteiger partial charge in [0.15, 0.2) is 0 Å². The first-order valence-corrected chi connectivity index (χ1v) is 16.9. The van der Waals surface area contributed by atoms with Crippen LogP contribution in [0.25, 0.3) is 0 Å². The number of nitrogens with one attached hydrogen (secondary N) is 1. The SMILES string of the molecule is Cc1cc(CC(=O)Nc2cc([C@H]3C[C@H](O[Si](c4ccccc4)(c4ccccc4)C(C)(C)C)[C@@H](F)C3)nn2C(C)(C)C)on1. The second kappa shape index (κ2) is 11.8. The summed E-state index contributed by atoms with van der Waals surface area (Å²) >= 11 is 0. The minimum atomic E-state index is -2.92. The van der Waals surface area contributed by atoms with Crippen LogP contribution in [0.15, 0.2) is 77.3 Å². The summed E-state index contributed by atoms with van der Waals surface area (Å²) in [6.07, 6.45) is -0.828. The van der Waals surface area contributed by atoms with Crippen LogP contribution in [0, 0.1) is 6.92 Å². The Morgan fingerprint density at radius 3 is 2.12 bits per heavy atom. The van der Waals surface area contributed by atoms with Gasteiger partial charge in [0.25, 0.3) is 8.32 Å². The molecule has 4 aromatic rings. The highest BCUT2D eigenvalue weighted by molar-refractivity contribution is 6.99. The molecule has 0 bridgehead atoms. The molecule has 0 radical (unpaired) electrons. The van der Waals surface area contributed by atoms with E-state index in [2.05, 4.69) is 55.5 Å². The van der Waals surface area contributed by atoms with E-state index in [4.69, 9.17) is 14.0 Å². The number of alkyl halides is 1. The van der Waals surface area contributed by atoms with Gasteiger partial charge in [-0.3, -0.25) is 4.79 Å². The van der Waals surface area contributed by atoms with Crippen molar-refractivity contribution in [2.75, 3.05) is 5.32 Å². The van der Waals surface area contributed by atoms with E-state index in [0.29, 0.717) is 24.4 Å². The smallest absolute Gasteiger partial charge is 0.261 e. The van der Waals surface area contributed by atoms with Gasteiger partial charge in [-0.05, 0) is 55.9 Å². The van der Waals surface area contributed by atoms with Gasteiger partial charge >= 0.3 is 0 Å². The molecule has 1 saturated carbocycles. The molecule has 1 aliphatic carbocycles. The summed E-state index contributed by atoms with van der Waals surface area (Å²) in [4.78, 5) is 12.9. The molecule has 1 aliphatic rings. The molecule has 0 aliphatic heterocycles. The Labute approximate surface area is 255 Å². The number of carbonyl (C=O) groups is 1. The summed E-state index contributed by atoms with van der Waals surface area (Å²) in [5.41, 5.74) is 1.08. The first-order chi connectivity index (χ1) is 20.3. The Kier molecular flexibility index (Phi) is 8.51. The molecule has 1 fully saturated rings. The fourth-order valence-corrected chi connectivity index (χ4v) is 11.0. The Bertz CT molecular complexity index is 1500. The number of aryl methyl sites for hydroxylation is 1. The monoisotopic (exact) mass is 602 g/mol. The van der Waals surface area contributed by atoms with Gasteiger partial charge in [0.05, 0.1) is 29.5 Å². The average molecular weight is 603 g/mol. The number of carbonyl (C=O) groups excluding carboxylic acids is 1. The molecule has 0 spiro atoms. The van der Waals surface area contributed by atoms with E-state index in [1.54, 1.807) is 6.07 Å². The van der Waals surface area contributed by atoms with E-state index < -0.39 is 26.1 Å². The zero-order valence-corrected chi connectivity index (χ0v) is 27.2. The Morgan fingerprint density at radius 2 is 1.60 bits per heavy atom. The van der Waals surface area contributed by atoms with Crippen LogP contribution in [-0.4, -0.2) is 41.4 Å². The van der Waals surface area contributed by atoms with E-state index in [1.165, 1.54) is 0 Å². The van der Waals surface area contributed by atoms with Crippen molar-refractivity contribution in [1.82, 2.24) is 14.9 Å². The fraction of sp³-hybridized carbons (Fsp3) is 0.441. The molecule has 228 valence electrons. The van der Waals surface area contributed by atoms with Crippen molar-refractivity contribution in [3.05, 3.63) is 89.9 Å². The van der Waals surface area contributed by atoms with Gasteiger partial charge in [-0.1, -0.05) is 86.6 Å². The van der Waals surface area contributed by atoms with E-state index in [9.17, 15) is 4.79 Å². The largest absolute Gasteiger partial charge is 0.401 e. The minimum absolute atomic E-state index is 0.0654. The Morgan fingerprint density at radius 1 is 1.00 bits per heavy atom. The molecule has 2 heterocycles. The fourth-order valence-electron chi connectivity index (χ4n) is 6.27. The first-order valence-electron chi connectivity index (χ1n) is 15.0. The maximum Gasteiger partial charge on any atom is 0.261 e. The quantitative estimate of drug-likeness (QED) is 0.240. The van der Waals surface area contributed by atoms with Crippen LogP contribution in [0.4, 0.5) is 10.2 Å². The lowest BCUT2D eigenvalue weighted by molar-refractivity contribution is -0.115. The van der Waals surface area contributed by atoms with Gasteiger partial charge in [0, 0.05) is 18.1 Å². The predicted octanol–water partition coefficient (Wildman–Crippen LogP) is 6.28. The second-order valence-electron chi connectivity index (χ2n) is 13.7. The molecule has 9 heteroatoms. The van der Waals surface area contributed by atoms with Gasteiger partial charge < -0.3 is 14.3 Å². The third-order valence-electron chi connectivity index (χ3n) is 8.24. The van der Waals surface area contributed by atoms with Crippen molar-refractivity contribution in [3.8, 4) is 0 Å². The number of halogens is 1. The van der Waals surface area contributed by atoms with Gasteiger partial charge in [0.1, 0.15) is 17.7 Å². The van der Waals surface area contributed by atoms with Crippen molar-refractivity contribution in [3.63, 3.8) is 0 Å². The highest BCUT2D eigenvalue weighted by Gasteiger charge is 2.53. The maximum absolute atomic E-state index is 16.0. The molecular weight excluding hydrogens is 559 g/mol. The lowest BCUT2D eigenvalue weighted by atomic mass is 10.0. The zero-order chi connectivity index (χ0) is 31.0. The summed E-state index contributed by atoms with van der Waals surface area (Å²) in [6.45, 7) is 14.5. The molecule has 3 atom stereocenters. The predicted molar refractivity (Wildman–Crippen MR) is 170 cm³/mol. The molecule has 1 amide bonds. The van der Waals surface area contributed by atoms with Crippen molar-refractivity contribution < 1.29 is 18.1 Å². The van der Waals surface area contributed by atoms with E-state index in [0.717, 1.165) is 21.8 Å². The summed E-state index contributed by atoms with van der Waals surface area (Å²) in [5, 5.41) is 13.8. The molecule has 2 aromatic carbocycles. The number of hydrogen-bond acceptors (Lipinski definition) is 5. The van der Waals surface area contributed by atoms with Crippen LogP contribution in [-0.2, 0) is 21.2 Å². The zero-order valence-electron chi connectivity index (χ0n) is 26.2. The van der Waals surface area contributed by atoms with E-state index in [1.807, 2.05) is 74.8 Å². The van der Waals surface area contributed by atoms with Gasteiger partial charge in [0.2, 0.25) is 5.91 Å². The summed E-state index contributed by atoms with van der Waals surface area (Å²) in [7, 11) is -2.92. The Hall–Kier alpha value is -3.56. The lowest BCUT2D eigenvalue weighted by Crippen LogP contribution is -2.68. The van der Waals surface area contributed by atoms with Crippen molar-refractivity contribution in [2.24, 2.45) is 0 Å². The van der Waals surface area contributed by atoms with Crippen LogP contribution < -0.4 is 15.7 Å². The first kappa shape index (κ1) is 30.9. The maximum atomic E-state index is 16.0. The molecule has 1 N–H and O–H groups in total. The molecule has 0 saturated heterocycles. The Balaban J connectivity index is 1.44. The van der Waals surface area contributed by atoms with Crippen molar-refractivity contribution in [2.45, 2.75) is 96.5 Å². The molecule has 0 unspecified atom stereocenters. The number of anilines is 1. The number of rotatable bonds is 8. The summed E-state index contributed by atoms with van der Waals surface area (Å²) < 4.78 is 30.3. The van der Waals surface area contributed by atoms with E-state index in [-0.39, 0.29) is 23.3 Å². The summed E-state index contributed by atoms with van der Waals surface area (Å²) in [5.74, 6) is 0.706. The van der Waals surface area contributed by atoms with Gasteiger partial charge in [-0.25, -0.2) is 9.07 Å². The standard InChI is InChI=1S/C34H43FN4O3Si/c1-23-18-25(41-38-23)21-32(40)36-31-22-29(37-39(31)33(2,3)4)24-19-28(35)30(20-24)42-43(34(5,6)7,26-14-10-8-11-15-26)27-16-12-9-13-17-27/h8-18,22,24,28,30H,19-21H2,1-7H3,(H,36,40)/t24-,28+,30+/m1/s1. The third kappa shape index (κ3) is 6.38. The number of hydrogen-bond donors (Lipinski definition) is 1. The van der Waals surface area contributed by atoms with Crippen LogP contribution in [0.3, 0.4) is 0 Å². The molecule has 2 aromatic heterocycles. The lowest BCUT2D eigenvalue weighted by Gasteiger charge is -2.45. The molecule has 5 rings (SSSR count). The summed E-state index contributed by atoms with van der Waals surface area (Å²) in [6, 6.07) is 24.3. The van der Waals surface area contributed by atoms with Crippen molar-refractivity contribution in [1.29, 1.82) is 0 Å². The topological polar surface area (TPSA) is 82.2 Å².